The van der Waals surface area contributed by atoms with Crippen molar-refractivity contribution in [2.75, 3.05) is 0 Å². The Morgan fingerprint density at radius 2 is 1.89 bits per heavy atom. The highest BCUT2D eigenvalue weighted by Gasteiger charge is 1.92. The smallest absolute Gasteiger partial charge is 0.0512 e. The summed E-state index contributed by atoms with van der Waals surface area (Å²) in [6.45, 7) is 4.01. The number of hydrogen-bond donors (Lipinski definition) is 1. The molecule has 0 bridgehead atoms. The molecule has 1 atom stereocenters. The lowest BCUT2D eigenvalue weighted by molar-refractivity contribution is 0.180. The van der Waals surface area contributed by atoms with E-state index in [0.717, 1.165) is 6.42 Å². The van der Waals surface area contributed by atoms with Gasteiger partial charge in [-0.2, -0.15) is 0 Å². The summed E-state index contributed by atoms with van der Waals surface area (Å²) in [7, 11) is 0. The first kappa shape index (κ1) is 11.7. The molecule has 0 aliphatic heterocycles. The van der Waals surface area contributed by atoms with Crippen LogP contribution in [0.3, 0.4) is 0 Å². The van der Waals surface area contributed by atoms with Gasteiger partial charge in [0.1, 0.15) is 0 Å². The van der Waals surface area contributed by atoms with Crippen molar-refractivity contribution in [2.45, 2.75) is 53.1 Å². The zero-order valence-electron chi connectivity index (χ0n) is 5.85. The van der Waals surface area contributed by atoms with E-state index < -0.39 is 0 Å². The first-order valence-electron chi connectivity index (χ1n) is 3.45. The van der Waals surface area contributed by atoms with Crippen molar-refractivity contribution in [1.82, 2.24) is 0 Å². The highest BCUT2D eigenvalue weighted by atomic mass is 16.3. The molecular weight excluding hydrogens is 112 g/mol. The Labute approximate surface area is 59.1 Å². The van der Waals surface area contributed by atoms with Gasteiger partial charge in [-0.3, -0.25) is 0 Å². The molecule has 0 saturated heterocycles. The average molecular weight is 132 g/mol. The largest absolute Gasteiger partial charge is 0.393 e. The molecule has 0 amide bonds. The van der Waals surface area contributed by atoms with Gasteiger partial charge in [-0.05, 0) is 13.3 Å². The maximum Gasteiger partial charge on any atom is 0.0512 e. The van der Waals surface area contributed by atoms with Gasteiger partial charge in [-0.25, -0.2) is 0 Å². The Morgan fingerprint density at radius 3 is 2.22 bits per heavy atom. The number of aliphatic hydroxyl groups is 1. The van der Waals surface area contributed by atoms with Crippen molar-refractivity contribution >= 4 is 0 Å². The molecule has 0 fully saturated rings. The van der Waals surface area contributed by atoms with E-state index in [-0.39, 0.29) is 13.5 Å². The molecule has 0 aliphatic rings. The Hall–Kier alpha value is -0.0400. The molecule has 9 heavy (non-hydrogen) atoms. The van der Waals surface area contributed by atoms with Gasteiger partial charge in [-0.15, -0.1) is 0 Å². The number of aliphatic hydroxyl groups excluding tert-OH is 1. The highest BCUT2D eigenvalue weighted by molar-refractivity contribution is 4.45. The standard InChI is InChI=1S/C7H16O.CH4/c1-3-4-5-6-7(2)8;/h7-8H,3-6H2,1-2H3;1H4. The molecule has 1 N–H and O–H groups in total. The lowest BCUT2D eigenvalue weighted by Crippen LogP contribution is -1.97. The number of unbranched alkanes of at least 4 members (excludes halogenated alkanes) is 2. The molecule has 0 heterocycles. The third kappa shape index (κ3) is 11.5. The first-order valence-corrected chi connectivity index (χ1v) is 3.45. The summed E-state index contributed by atoms with van der Waals surface area (Å²) in [6.07, 6.45) is 4.54. The first-order chi connectivity index (χ1) is 3.77. The Kier molecular flexibility index (Phi) is 10.4. The maximum atomic E-state index is 8.78. The molecule has 0 aromatic carbocycles. The number of hydrogen-bond acceptors (Lipinski definition) is 1. The second-order valence-electron chi connectivity index (χ2n) is 2.34. The Bertz CT molecular complexity index is 41.8. The normalized spacial score (nSPS) is 12.3. The minimum Gasteiger partial charge on any atom is -0.393 e. The summed E-state index contributed by atoms with van der Waals surface area (Å²) < 4.78 is 0. The zero-order valence-corrected chi connectivity index (χ0v) is 5.85. The van der Waals surface area contributed by atoms with E-state index in [2.05, 4.69) is 6.92 Å². The van der Waals surface area contributed by atoms with Crippen molar-refractivity contribution in [1.29, 1.82) is 0 Å². The molecule has 0 aromatic heterocycles. The summed E-state index contributed by atoms with van der Waals surface area (Å²) in [5.41, 5.74) is 0. The number of rotatable bonds is 4. The molecule has 0 radical (unpaired) electrons. The molecule has 0 aliphatic carbocycles. The van der Waals surface area contributed by atoms with Crippen LogP contribution in [-0.4, -0.2) is 11.2 Å². The summed E-state index contributed by atoms with van der Waals surface area (Å²) in [6, 6.07) is 0. The summed E-state index contributed by atoms with van der Waals surface area (Å²) in [4.78, 5) is 0. The molecule has 0 saturated carbocycles. The summed E-state index contributed by atoms with van der Waals surface area (Å²) >= 11 is 0. The quantitative estimate of drug-likeness (QED) is 0.583. The van der Waals surface area contributed by atoms with E-state index in [9.17, 15) is 0 Å². The van der Waals surface area contributed by atoms with Crippen molar-refractivity contribution in [3.63, 3.8) is 0 Å². The van der Waals surface area contributed by atoms with Crippen LogP contribution in [0, 0.1) is 0 Å². The van der Waals surface area contributed by atoms with E-state index in [1.54, 1.807) is 0 Å². The fourth-order valence-electron chi connectivity index (χ4n) is 0.690. The molecule has 1 nitrogen and oxygen atoms in total. The fourth-order valence-corrected chi connectivity index (χ4v) is 0.690. The van der Waals surface area contributed by atoms with Crippen LogP contribution in [0.4, 0.5) is 0 Å². The SMILES string of the molecule is C.CCCCCC(C)O. The van der Waals surface area contributed by atoms with Crippen LogP contribution < -0.4 is 0 Å². The third-order valence-electron chi connectivity index (χ3n) is 1.23. The van der Waals surface area contributed by atoms with E-state index >= 15 is 0 Å². The van der Waals surface area contributed by atoms with Gasteiger partial charge < -0.3 is 5.11 Å². The van der Waals surface area contributed by atoms with E-state index in [1.807, 2.05) is 6.92 Å². The predicted molar refractivity (Wildman–Crippen MR) is 42.6 cm³/mol. The molecule has 1 heteroatoms. The van der Waals surface area contributed by atoms with Gasteiger partial charge in [0.2, 0.25) is 0 Å². The van der Waals surface area contributed by atoms with E-state index in [4.69, 9.17) is 5.11 Å². The van der Waals surface area contributed by atoms with Gasteiger partial charge in [0, 0.05) is 0 Å². The highest BCUT2D eigenvalue weighted by Crippen LogP contribution is 2.01. The van der Waals surface area contributed by atoms with Gasteiger partial charge in [0.15, 0.2) is 0 Å². The lowest BCUT2D eigenvalue weighted by atomic mass is 10.1. The van der Waals surface area contributed by atoms with Crippen molar-refractivity contribution in [3.05, 3.63) is 0 Å². The van der Waals surface area contributed by atoms with Gasteiger partial charge in [-0.1, -0.05) is 33.6 Å². The Morgan fingerprint density at radius 1 is 1.33 bits per heavy atom. The van der Waals surface area contributed by atoms with E-state index in [0.29, 0.717) is 0 Å². The van der Waals surface area contributed by atoms with Crippen LogP contribution in [0.25, 0.3) is 0 Å². The Balaban J connectivity index is 0. The monoisotopic (exact) mass is 132 g/mol. The molecule has 0 rings (SSSR count). The maximum absolute atomic E-state index is 8.78. The fraction of sp³-hybridized carbons (Fsp3) is 1.00. The topological polar surface area (TPSA) is 20.2 Å². The van der Waals surface area contributed by atoms with Crippen LogP contribution in [0.2, 0.25) is 0 Å². The van der Waals surface area contributed by atoms with Crippen LogP contribution in [0.1, 0.15) is 47.0 Å². The minimum absolute atomic E-state index is 0. The van der Waals surface area contributed by atoms with E-state index in [1.165, 1.54) is 19.3 Å². The lowest BCUT2D eigenvalue weighted by Gasteiger charge is -2.00. The molecule has 58 valence electrons. The molecule has 0 aromatic rings. The van der Waals surface area contributed by atoms with Gasteiger partial charge in [0.05, 0.1) is 6.10 Å². The zero-order chi connectivity index (χ0) is 6.41. The van der Waals surface area contributed by atoms with Crippen molar-refractivity contribution in [3.8, 4) is 0 Å². The third-order valence-corrected chi connectivity index (χ3v) is 1.23. The minimum atomic E-state index is -0.0958. The second-order valence-corrected chi connectivity index (χ2v) is 2.34. The average Bonchev–Trinajstić information content (AvgIpc) is 1.66. The van der Waals surface area contributed by atoms with Crippen LogP contribution in [-0.2, 0) is 0 Å². The van der Waals surface area contributed by atoms with Gasteiger partial charge in [0.25, 0.3) is 0 Å². The predicted octanol–water partition coefficient (Wildman–Crippen LogP) is 2.58. The second kappa shape index (κ2) is 7.96. The van der Waals surface area contributed by atoms with Crippen molar-refractivity contribution < 1.29 is 5.11 Å². The summed E-state index contributed by atoms with van der Waals surface area (Å²) in [5, 5.41) is 8.78. The molecule has 1 unspecified atom stereocenters. The van der Waals surface area contributed by atoms with Crippen LogP contribution >= 0.6 is 0 Å². The summed E-state index contributed by atoms with van der Waals surface area (Å²) in [5.74, 6) is 0. The van der Waals surface area contributed by atoms with Gasteiger partial charge >= 0.3 is 0 Å². The van der Waals surface area contributed by atoms with Crippen molar-refractivity contribution in [2.24, 2.45) is 0 Å². The molecule has 0 spiro atoms. The van der Waals surface area contributed by atoms with Crippen LogP contribution in [0.5, 0.6) is 0 Å². The van der Waals surface area contributed by atoms with Crippen LogP contribution in [0.15, 0.2) is 0 Å². The molecular formula is C8H20O.